The molecule has 0 amide bonds. The van der Waals surface area contributed by atoms with E-state index in [9.17, 15) is 13.2 Å². The van der Waals surface area contributed by atoms with Crippen LogP contribution in [-0.4, -0.2) is 18.5 Å². The molecule has 0 saturated heterocycles. The van der Waals surface area contributed by atoms with E-state index in [0.29, 0.717) is 0 Å². The lowest BCUT2D eigenvalue weighted by Crippen LogP contribution is -2.41. The standard InChI is InChI=1S/C32H26N.CHF3O3S/c1-4-12-24(13-5-1)23-33-31(27-17-8-3-9-18-27)22-30(25-14-6-2-7-15-25)29-21-20-26-16-10-11-19-28(26)32(29)33;2-1(3,4)8(5,6)7/h1-19,22H,20-21,23H2;(H,5,6,7)/q+1;/p-1. The number of hydrogen-bond acceptors (Lipinski definition) is 3. The fraction of sp³-hybridized carbons (Fsp3) is 0.121. The Morgan fingerprint density at radius 1 is 0.683 bits per heavy atom. The van der Waals surface area contributed by atoms with Crippen molar-refractivity contribution in [2.45, 2.75) is 24.9 Å². The van der Waals surface area contributed by atoms with Crippen LogP contribution < -0.4 is 4.57 Å². The Morgan fingerprint density at radius 3 is 1.78 bits per heavy atom. The molecule has 0 N–H and O–H groups in total. The van der Waals surface area contributed by atoms with Crippen molar-refractivity contribution < 1.29 is 30.7 Å². The largest absolute Gasteiger partial charge is 0.741 e. The van der Waals surface area contributed by atoms with Crippen LogP contribution in [0.1, 0.15) is 16.7 Å². The summed E-state index contributed by atoms with van der Waals surface area (Å²) in [5.74, 6) is 0. The molecule has 1 aliphatic carbocycles. The Hall–Kier alpha value is -4.27. The van der Waals surface area contributed by atoms with Gasteiger partial charge in [0.1, 0.15) is 0 Å². The smallest absolute Gasteiger partial charge is 0.485 e. The van der Waals surface area contributed by atoms with Crippen LogP contribution in [0.4, 0.5) is 13.2 Å². The molecule has 5 aromatic rings. The molecule has 0 spiro atoms. The van der Waals surface area contributed by atoms with Crippen LogP contribution in [0.2, 0.25) is 0 Å². The van der Waals surface area contributed by atoms with Gasteiger partial charge in [-0.3, -0.25) is 0 Å². The number of benzene rings is 4. The van der Waals surface area contributed by atoms with Crippen molar-refractivity contribution in [3.05, 3.63) is 138 Å². The topological polar surface area (TPSA) is 61.1 Å². The fourth-order valence-electron chi connectivity index (χ4n) is 5.16. The molecular weight excluding hydrogens is 547 g/mol. The summed E-state index contributed by atoms with van der Waals surface area (Å²) < 4.78 is 61.4. The van der Waals surface area contributed by atoms with Crippen LogP contribution in [0.5, 0.6) is 0 Å². The minimum Gasteiger partial charge on any atom is -0.741 e. The molecule has 8 heteroatoms. The van der Waals surface area contributed by atoms with Crippen molar-refractivity contribution in [2.75, 3.05) is 0 Å². The van der Waals surface area contributed by atoms with Gasteiger partial charge in [-0.15, -0.1) is 0 Å². The van der Waals surface area contributed by atoms with Gasteiger partial charge in [0.15, 0.2) is 16.7 Å². The maximum absolute atomic E-state index is 10.7. The van der Waals surface area contributed by atoms with Gasteiger partial charge in [-0.05, 0) is 47.7 Å². The van der Waals surface area contributed by atoms with Crippen molar-refractivity contribution in [3.63, 3.8) is 0 Å². The number of aryl methyl sites for hydroxylation is 1. The molecule has 0 unspecified atom stereocenters. The second-order valence-corrected chi connectivity index (χ2v) is 11.0. The number of pyridine rings is 1. The number of rotatable bonds is 4. The first-order valence-electron chi connectivity index (χ1n) is 13.0. The first kappa shape index (κ1) is 28.3. The van der Waals surface area contributed by atoms with Crippen molar-refractivity contribution in [1.29, 1.82) is 0 Å². The number of alkyl halides is 3. The molecule has 41 heavy (non-hydrogen) atoms. The summed E-state index contributed by atoms with van der Waals surface area (Å²) in [5.41, 5.74) is 6.44. The quantitative estimate of drug-likeness (QED) is 0.130. The summed E-state index contributed by atoms with van der Waals surface area (Å²) in [6, 6.07) is 43.9. The third kappa shape index (κ3) is 6.24. The fourth-order valence-corrected chi connectivity index (χ4v) is 5.16. The second-order valence-electron chi connectivity index (χ2n) is 9.63. The molecule has 0 aliphatic heterocycles. The monoisotopic (exact) mass is 573 g/mol. The van der Waals surface area contributed by atoms with Gasteiger partial charge in [0.05, 0.1) is 0 Å². The van der Waals surface area contributed by atoms with Crippen LogP contribution in [0.25, 0.3) is 33.6 Å². The molecule has 4 aromatic carbocycles. The van der Waals surface area contributed by atoms with Crippen LogP contribution in [0, 0.1) is 0 Å². The van der Waals surface area contributed by atoms with Crippen LogP contribution >= 0.6 is 0 Å². The number of nitrogens with zero attached hydrogens (tertiary/aromatic N) is 1. The molecule has 1 aromatic heterocycles. The molecule has 0 radical (unpaired) electrons. The third-order valence-electron chi connectivity index (χ3n) is 6.99. The average Bonchev–Trinajstić information content (AvgIpc) is 2.98. The van der Waals surface area contributed by atoms with Crippen molar-refractivity contribution in [1.82, 2.24) is 0 Å². The van der Waals surface area contributed by atoms with E-state index < -0.39 is 15.6 Å². The maximum atomic E-state index is 10.7. The molecule has 208 valence electrons. The summed E-state index contributed by atoms with van der Waals surface area (Å²) in [6.07, 6.45) is 2.14. The summed E-state index contributed by atoms with van der Waals surface area (Å²) in [6.45, 7) is 0.844. The van der Waals surface area contributed by atoms with Gasteiger partial charge in [0.2, 0.25) is 11.4 Å². The predicted molar refractivity (Wildman–Crippen MR) is 152 cm³/mol. The predicted octanol–water partition coefficient (Wildman–Crippen LogP) is 7.17. The highest BCUT2D eigenvalue weighted by atomic mass is 32.2. The van der Waals surface area contributed by atoms with Gasteiger partial charge in [0.25, 0.3) is 0 Å². The minimum absolute atomic E-state index is 0.844. The van der Waals surface area contributed by atoms with E-state index in [1.54, 1.807) is 0 Å². The minimum atomic E-state index is -6.09. The van der Waals surface area contributed by atoms with Crippen LogP contribution in [0.3, 0.4) is 0 Å². The lowest BCUT2D eigenvalue weighted by Gasteiger charge is -2.23. The molecular formula is C33H26F3NO3S. The van der Waals surface area contributed by atoms with Crippen LogP contribution in [-0.2, 0) is 29.5 Å². The summed E-state index contributed by atoms with van der Waals surface area (Å²) in [5, 5.41) is 0. The van der Waals surface area contributed by atoms with Gasteiger partial charge in [0, 0.05) is 28.3 Å². The van der Waals surface area contributed by atoms with E-state index >= 15 is 0 Å². The van der Waals surface area contributed by atoms with Gasteiger partial charge < -0.3 is 4.55 Å². The molecule has 0 fully saturated rings. The van der Waals surface area contributed by atoms with Gasteiger partial charge >= 0.3 is 5.51 Å². The van der Waals surface area contributed by atoms with Gasteiger partial charge in [-0.25, -0.2) is 8.42 Å². The molecule has 4 nitrogen and oxygen atoms in total. The number of halogens is 3. The zero-order valence-corrected chi connectivity index (χ0v) is 22.7. The third-order valence-corrected chi connectivity index (χ3v) is 7.56. The maximum Gasteiger partial charge on any atom is 0.485 e. The highest BCUT2D eigenvalue weighted by Gasteiger charge is 2.37. The van der Waals surface area contributed by atoms with Gasteiger partial charge in [-0.1, -0.05) is 97.1 Å². The molecule has 0 atom stereocenters. The number of fused-ring (bicyclic) bond motifs is 3. The Balaban J connectivity index is 0.000000372. The van der Waals surface area contributed by atoms with Crippen LogP contribution in [0.15, 0.2) is 121 Å². The lowest BCUT2D eigenvalue weighted by atomic mass is 9.83. The Morgan fingerprint density at radius 2 is 1.20 bits per heavy atom. The Kier molecular flexibility index (Phi) is 8.06. The zero-order valence-electron chi connectivity index (χ0n) is 21.9. The average molecular weight is 574 g/mol. The summed E-state index contributed by atoms with van der Waals surface area (Å²) >= 11 is 0. The van der Waals surface area contributed by atoms with E-state index in [0.717, 1.165) is 19.4 Å². The Labute approximate surface area is 237 Å². The van der Waals surface area contributed by atoms with Gasteiger partial charge in [-0.2, -0.15) is 17.7 Å². The first-order chi connectivity index (χ1) is 19.6. The summed E-state index contributed by atoms with van der Waals surface area (Å²) in [7, 11) is -6.09. The highest BCUT2D eigenvalue weighted by molar-refractivity contribution is 7.86. The SMILES string of the molecule is O=S(=O)([O-])C(F)(F)F.c1ccc(C[n+]2c(-c3ccccc3)cc(-c3ccccc3)c3c2-c2ccccc2CC3)cc1. The van der Waals surface area contributed by atoms with E-state index in [1.165, 1.54) is 50.3 Å². The van der Waals surface area contributed by atoms with E-state index in [1.807, 2.05) is 0 Å². The highest BCUT2D eigenvalue weighted by Crippen LogP contribution is 2.39. The normalized spacial score (nSPS) is 12.5. The first-order valence-corrected chi connectivity index (χ1v) is 14.4. The van der Waals surface area contributed by atoms with Crippen molar-refractivity contribution in [3.8, 4) is 33.6 Å². The molecule has 0 bridgehead atoms. The summed E-state index contributed by atoms with van der Waals surface area (Å²) in [4.78, 5) is 0. The molecule has 6 rings (SSSR count). The Bertz CT molecular complexity index is 1760. The second kappa shape index (κ2) is 11.7. The van der Waals surface area contributed by atoms with E-state index in [4.69, 9.17) is 13.0 Å². The van der Waals surface area contributed by atoms with Crippen molar-refractivity contribution >= 4 is 10.1 Å². The lowest BCUT2D eigenvalue weighted by molar-refractivity contribution is -0.667. The van der Waals surface area contributed by atoms with Crippen molar-refractivity contribution in [2.24, 2.45) is 0 Å². The molecule has 0 saturated carbocycles. The zero-order chi connectivity index (χ0) is 29.0. The molecule has 1 aliphatic rings. The number of hydrogen-bond donors (Lipinski definition) is 0. The number of aromatic nitrogens is 1. The molecule has 1 heterocycles. The van der Waals surface area contributed by atoms with E-state index in [2.05, 4.69) is 126 Å². The van der Waals surface area contributed by atoms with E-state index in [-0.39, 0.29) is 0 Å².